The van der Waals surface area contributed by atoms with Crippen LogP contribution in [0.15, 0.2) is 28.3 Å². The number of amides is 3. The molecule has 2 atom stereocenters. The van der Waals surface area contributed by atoms with Gasteiger partial charge in [-0.25, -0.2) is 4.79 Å². The van der Waals surface area contributed by atoms with E-state index in [4.69, 9.17) is 27.9 Å². The zero-order valence-electron chi connectivity index (χ0n) is 21.5. The van der Waals surface area contributed by atoms with Crippen molar-refractivity contribution in [3.63, 3.8) is 0 Å². The van der Waals surface area contributed by atoms with Gasteiger partial charge in [0.2, 0.25) is 5.91 Å². The number of hydrogen-bond donors (Lipinski definition) is 1. The highest BCUT2D eigenvalue weighted by Gasteiger charge is 2.37. The number of halogens is 2. The number of aryl methyl sites for hydroxylation is 1. The smallest absolute Gasteiger partial charge is 0.410 e. The number of piperazine rings is 1. The number of nitrogens with zero attached hydrogens (tertiary/aromatic N) is 4. The van der Waals surface area contributed by atoms with Crippen molar-refractivity contribution < 1.29 is 24.2 Å². The lowest BCUT2D eigenvalue weighted by Gasteiger charge is -2.38. The number of aliphatic hydroxyl groups excluding tert-OH is 1. The third-order valence-corrected chi connectivity index (χ3v) is 7.27. The van der Waals surface area contributed by atoms with Crippen LogP contribution in [0.5, 0.6) is 0 Å². The molecule has 198 valence electrons. The Labute approximate surface area is 222 Å². The first kappa shape index (κ1) is 28.1. The van der Waals surface area contributed by atoms with E-state index >= 15 is 0 Å². The van der Waals surface area contributed by atoms with E-state index in [0.717, 1.165) is 16.8 Å². The molecule has 1 unspecified atom stereocenters. The van der Waals surface area contributed by atoms with Gasteiger partial charge in [0.15, 0.2) is 6.23 Å². The summed E-state index contributed by atoms with van der Waals surface area (Å²) in [6.45, 7) is 11.5. The van der Waals surface area contributed by atoms with Crippen LogP contribution in [-0.4, -0.2) is 88.8 Å². The average molecular weight is 541 g/mol. The lowest BCUT2D eigenvalue weighted by molar-refractivity contribution is -0.136. The van der Waals surface area contributed by atoms with Crippen molar-refractivity contribution in [2.45, 2.75) is 59.0 Å². The van der Waals surface area contributed by atoms with Crippen molar-refractivity contribution >= 4 is 46.8 Å². The molecule has 1 fully saturated rings. The maximum Gasteiger partial charge on any atom is 0.410 e. The molecule has 3 amide bonds. The predicted octanol–water partition coefficient (Wildman–Crippen LogP) is 3.25. The summed E-state index contributed by atoms with van der Waals surface area (Å²) in [5.41, 5.74) is 2.20. The summed E-state index contributed by atoms with van der Waals surface area (Å²) >= 11 is 11.8. The van der Waals surface area contributed by atoms with Gasteiger partial charge in [-0.05, 0) is 57.9 Å². The minimum atomic E-state index is -1.24. The Hall–Kier alpha value is -2.49. The zero-order valence-corrected chi connectivity index (χ0v) is 23.1. The maximum atomic E-state index is 13.0. The van der Waals surface area contributed by atoms with Gasteiger partial charge in [-0.2, -0.15) is 0 Å². The minimum Gasteiger partial charge on any atom is -0.444 e. The van der Waals surface area contributed by atoms with E-state index in [9.17, 15) is 19.5 Å². The average Bonchev–Trinajstić information content (AvgIpc) is 3.00. The second-order valence-corrected chi connectivity index (χ2v) is 10.9. The highest BCUT2D eigenvalue weighted by Crippen LogP contribution is 2.32. The van der Waals surface area contributed by atoms with E-state index in [1.165, 1.54) is 9.80 Å². The minimum absolute atomic E-state index is 0.0602. The molecule has 3 rings (SSSR count). The molecule has 1 aromatic rings. The van der Waals surface area contributed by atoms with Crippen molar-refractivity contribution in [3.05, 3.63) is 39.4 Å². The number of ether oxygens (including phenoxy) is 1. The lowest BCUT2D eigenvalue weighted by Crippen LogP contribution is -2.55. The van der Waals surface area contributed by atoms with E-state index in [1.807, 2.05) is 25.1 Å². The number of benzene rings is 1. The number of anilines is 1. The highest BCUT2D eigenvalue weighted by molar-refractivity contribution is 6.49. The summed E-state index contributed by atoms with van der Waals surface area (Å²) in [6, 6.07) is 5.27. The molecule has 11 heteroatoms. The van der Waals surface area contributed by atoms with Gasteiger partial charge in [0, 0.05) is 45.5 Å². The lowest BCUT2D eigenvalue weighted by atomic mass is 10.1. The van der Waals surface area contributed by atoms with Crippen LogP contribution in [0, 0.1) is 6.92 Å². The van der Waals surface area contributed by atoms with Crippen molar-refractivity contribution in [2.75, 3.05) is 38.1 Å². The second kappa shape index (κ2) is 10.9. The Morgan fingerprint density at radius 3 is 2.31 bits per heavy atom. The molecule has 2 aliphatic heterocycles. The van der Waals surface area contributed by atoms with Gasteiger partial charge in [-0.15, -0.1) is 0 Å². The molecule has 36 heavy (non-hydrogen) atoms. The monoisotopic (exact) mass is 540 g/mol. The summed E-state index contributed by atoms with van der Waals surface area (Å²) in [5, 5.41) is 9.98. The van der Waals surface area contributed by atoms with Crippen LogP contribution in [0.4, 0.5) is 10.5 Å². The van der Waals surface area contributed by atoms with E-state index in [0.29, 0.717) is 26.2 Å². The van der Waals surface area contributed by atoms with Gasteiger partial charge in [0.05, 0.1) is 5.03 Å². The molecule has 9 nitrogen and oxygen atoms in total. The molecule has 0 radical (unpaired) electrons. The van der Waals surface area contributed by atoms with Crippen LogP contribution in [0.2, 0.25) is 0 Å². The maximum absolute atomic E-state index is 13.0. The molecule has 0 bridgehead atoms. The van der Waals surface area contributed by atoms with Crippen molar-refractivity contribution in [3.8, 4) is 0 Å². The molecule has 2 heterocycles. The van der Waals surface area contributed by atoms with Crippen LogP contribution in [0.1, 0.15) is 38.8 Å². The Kier molecular flexibility index (Phi) is 8.48. The first-order valence-electron chi connectivity index (χ1n) is 11.8. The number of likely N-dealkylation sites (N-methyl/N-ethyl adjacent to an activating group) is 1. The molecule has 1 N–H and O–H groups in total. The third-order valence-electron chi connectivity index (χ3n) is 6.42. The largest absolute Gasteiger partial charge is 0.444 e. The SMILES string of the molecule is Cc1cc(N2CCN(C(=O)[C@H](C)N(C)C(=O)OC(C)(C)C)CC2)ccc1CN1C(=O)C(Cl)=C(Cl)C1O. The van der Waals surface area contributed by atoms with Crippen molar-refractivity contribution in [1.82, 2.24) is 14.7 Å². The number of carbonyl (C=O) groups excluding carboxylic acids is 3. The summed E-state index contributed by atoms with van der Waals surface area (Å²) in [7, 11) is 1.57. The number of hydrogen-bond acceptors (Lipinski definition) is 6. The predicted molar refractivity (Wildman–Crippen MR) is 139 cm³/mol. The van der Waals surface area contributed by atoms with Gasteiger partial charge in [-0.1, -0.05) is 29.3 Å². The molecule has 2 aliphatic rings. The Morgan fingerprint density at radius 1 is 1.19 bits per heavy atom. The standard InChI is InChI=1S/C25H34Cl2N4O5/c1-15-13-18(8-7-17(15)14-31-22(33)19(26)20(27)23(31)34)29-9-11-30(12-10-29)21(32)16(2)28(6)24(35)36-25(3,4)5/h7-8,13,16,22,33H,9-12,14H2,1-6H3/t16-,22?/m0/s1. The van der Waals surface area contributed by atoms with Crippen molar-refractivity contribution in [1.29, 1.82) is 0 Å². The van der Waals surface area contributed by atoms with Gasteiger partial charge < -0.3 is 24.5 Å². The molecular formula is C25H34Cl2N4O5. The highest BCUT2D eigenvalue weighted by atomic mass is 35.5. The molecule has 0 spiro atoms. The molecule has 0 saturated carbocycles. The fourth-order valence-corrected chi connectivity index (χ4v) is 4.50. The Balaban J connectivity index is 1.58. The topological polar surface area (TPSA) is 93.6 Å². The quantitative estimate of drug-likeness (QED) is 0.616. The molecular weight excluding hydrogens is 507 g/mol. The summed E-state index contributed by atoms with van der Waals surface area (Å²) in [4.78, 5) is 44.1. The van der Waals surface area contributed by atoms with Crippen molar-refractivity contribution in [2.24, 2.45) is 0 Å². The van der Waals surface area contributed by atoms with Gasteiger partial charge in [-0.3, -0.25) is 14.5 Å². The Bertz CT molecular complexity index is 1060. The fraction of sp³-hybridized carbons (Fsp3) is 0.560. The van der Waals surface area contributed by atoms with E-state index in [-0.39, 0.29) is 22.5 Å². The van der Waals surface area contributed by atoms with Gasteiger partial charge in [0.25, 0.3) is 5.91 Å². The van der Waals surface area contributed by atoms with Crippen LogP contribution < -0.4 is 4.90 Å². The van der Waals surface area contributed by atoms with Crippen LogP contribution in [0.3, 0.4) is 0 Å². The van der Waals surface area contributed by atoms with Crippen LogP contribution in [0.25, 0.3) is 0 Å². The summed E-state index contributed by atoms with van der Waals surface area (Å²) < 4.78 is 5.37. The first-order chi connectivity index (χ1) is 16.7. The number of aliphatic hydroxyl groups is 1. The van der Waals surface area contributed by atoms with E-state index < -0.39 is 29.9 Å². The summed E-state index contributed by atoms with van der Waals surface area (Å²) in [6.07, 6.45) is -1.77. The van der Waals surface area contributed by atoms with Crippen LogP contribution >= 0.6 is 23.2 Å². The fourth-order valence-electron chi connectivity index (χ4n) is 4.09. The first-order valence-corrected chi connectivity index (χ1v) is 12.6. The number of rotatable bonds is 5. The molecule has 0 aromatic heterocycles. The molecule has 0 aliphatic carbocycles. The van der Waals surface area contributed by atoms with E-state index in [2.05, 4.69) is 4.90 Å². The summed E-state index contributed by atoms with van der Waals surface area (Å²) in [5.74, 6) is -0.612. The molecule has 1 saturated heterocycles. The zero-order chi connectivity index (χ0) is 26.9. The van der Waals surface area contributed by atoms with Gasteiger partial charge in [0.1, 0.15) is 16.7 Å². The Morgan fingerprint density at radius 2 is 1.81 bits per heavy atom. The van der Waals surface area contributed by atoms with Gasteiger partial charge >= 0.3 is 6.09 Å². The van der Waals surface area contributed by atoms with Crippen LogP contribution in [-0.2, 0) is 20.9 Å². The number of carbonyl (C=O) groups is 3. The molecule has 1 aromatic carbocycles. The second-order valence-electron chi connectivity index (χ2n) is 10.2. The normalized spacial score (nSPS) is 19.6. The van der Waals surface area contributed by atoms with E-state index in [1.54, 1.807) is 39.6 Å². The third kappa shape index (κ3) is 6.07.